The highest BCUT2D eigenvalue weighted by molar-refractivity contribution is 5.92. The number of allylic oxidation sites excluding steroid dienone is 1. The molecule has 3 heteroatoms. The molecule has 0 spiro atoms. The molecule has 0 fully saturated rings. The van der Waals surface area contributed by atoms with Gasteiger partial charge in [0.1, 0.15) is 6.10 Å². The van der Waals surface area contributed by atoms with Gasteiger partial charge in [-0.3, -0.25) is 4.79 Å². The molecule has 0 amide bonds. The van der Waals surface area contributed by atoms with E-state index in [2.05, 4.69) is 0 Å². The summed E-state index contributed by atoms with van der Waals surface area (Å²) >= 11 is 0. The number of carbonyl (C=O) groups is 1. The molecule has 0 bridgehead atoms. The van der Waals surface area contributed by atoms with Crippen molar-refractivity contribution in [2.24, 2.45) is 5.92 Å². The van der Waals surface area contributed by atoms with Crippen LogP contribution in [0, 0.1) is 5.92 Å². The van der Waals surface area contributed by atoms with Gasteiger partial charge in [-0.05, 0) is 13.3 Å². The Hall–Kier alpha value is -0.990. The summed E-state index contributed by atoms with van der Waals surface area (Å²) in [7, 11) is 0. The van der Waals surface area contributed by atoms with Gasteiger partial charge in [0.05, 0.1) is 18.6 Å². The third-order valence-corrected chi connectivity index (χ3v) is 2.22. The Bertz CT molecular complexity index is 220. The first-order valence-corrected chi connectivity index (χ1v) is 4.74. The maximum absolute atomic E-state index is 11.4. The Morgan fingerprint density at radius 1 is 1.54 bits per heavy atom. The van der Waals surface area contributed by atoms with E-state index in [9.17, 15) is 4.79 Å². The highest BCUT2D eigenvalue weighted by Gasteiger charge is 2.29. The third kappa shape index (κ3) is 2.23. The van der Waals surface area contributed by atoms with Gasteiger partial charge in [-0.1, -0.05) is 13.8 Å². The van der Waals surface area contributed by atoms with Crippen molar-refractivity contribution in [2.45, 2.75) is 33.3 Å². The molecule has 0 unspecified atom stereocenters. The lowest BCUT2D eigenvalue weighted by atomic mass is 9.96. The van der Waals surface area contributed by atoms with Crippen LogP contribution in [0.25, 0.3) is 0 Å². The molecule has 0 aromatic heterocycles. The van der Waals surface area contributed by atoms with Gasteiger partial charge in [0.25, 0.3) is 5.95 Å². The SMILES string of the molecule is CCOC1=CC(=O)[C@H](C)[C@H](CC)O1. The van der Waals surface area contributed by atoms with E-state index in [1.165, 1.54) is 6.08 Å². The van der Waals surface area contributed by atoms with Crippen molar-refractivity contribution in [3.05, 3.63) is 12.0 Å². The summed E-state index contributed by atoms with van der Waals surface area (Å²) in [5, 5.41) is 0. The molecular weight excluding hydrogens is 168 g/mol. The van der Waals surface area contributed by atoms with Crippen LogP contribution in [0.1, 0.15) is 27.2 Å². The topological polar surface area (TPSA) is 35.5 Å². The van der Waals surface area contributed by atoms with E-state index in [1.807, 2.05) is 20.8 Å². The van der Waals surface area contributed by atoms with Gasteiger partial charge in [-0.25, -0.2) is 0 Å². The van der Waals surface area contributed by atoms with Gasteiger partial charge in [-0.2, -0.15) is 0 Å². The number of rotatable bonds is 3. The van der Waals surface area contributed by atoms with Crippen LogP contribution < -0.4 is 0 Å². The van der Waals surface area contributed by atoms with Crippen molar-refractivity contribution in [2.75, 3.05) is 6.61 Å². The molecule has 0 saturated carbocycles. The second kappa shape index (κ2) is 4.30. The van der Waals surface area contributed by atoms with Gasteiger partial charge in [0.2, 0.25) is 0 Å². The van der Waals surface area contributed by atoms with E-state index in [1.54, 1.807) is 0 Å². The molecule has 2 atom stereocenters. The lowest BCUT2D eigenvalue weighted by Gasteiger charge is -2.27. The van der Waals surface area contributed by atoms with Crippen molar-refractivity contribution in [3.8, 4) is 0 Å². The van der Waals surface area contributed by atoms with E-state index in [0.717, 1.165) is 6.42 Å². The third-order valence-electron chi connectivity index (χ3n) is 2.22. The minimum absolute atomic E-state index is 0.0287. The summed E-state index contributed by atoms with van der Waals surface area (Å²) in [5.74, 6) is 0.424. The zero-order valence-electron chi connectivity index (χ0n) is 8.37. The molecule has 0 radical (unpaired) electrons. The fourth-order valence-electron chi connectivity index (χ4n) is 1.37. The van der Waals surface area contributed by atoms with Crippen LogP contribution in [0.4, 0.5) is 0 Å². The van der Waals surface area contributed by atoms with Crippen LogP contribution in [0.2, 0.25) is 0 Å². The summed E-state index contributed by atoms with van der Waals surface area (Å²) in [6.45, 7) is 6.29. The zero-order valence-corrected chi connectivity index (χ0v) is 8.37. The quantitative estimate of drug-likeness (QED) is 0.671. The molecule has 0 aliphatic carbocycles. The summed E-state index contributed by atoms with van der Waals surface area (Å²) in [5.41, 5.74) is 0. The standard InChI is InChI=1S/C10H16O3/c1-4-9-7(3)8(11)6-10(13-9)12-5-2/h6-7,9H,4-5H2,1-3H3/t7-,9-/m0/s1. The Kier molecular flexibility index (Phi) is 3.34. The largest absolute Gasteiger partial charge is 0.466 e. The van der Waals surface area contributed by atoms with Gasteiger partial charge < -0.3 is 9.47 Å². The van der Waals surface area contributed by atoms with Crippen LogP contribution in [0.5, 0.6) is 0 Å². The second-order valence-corrected chi connectivity index (χ2v) is 3.15. The van der Waals surface area contributed by atoms with E-state index >= 15 is 0 Å². The number of hydrogen-bond acceptors (Lipinski definition) is 3. The van der Waals surface area contributed by atoms with Gasteiger partial charge in [0.15, 0.2) is 5.78 Å². The Morgan fingerprint density at radius 3 is 2.77 bits per heavy atom. The molecule has 1 rings (SSSR count). The molecule has 1 aliphatic heterocycles. The minimum Gasteiger partial charge on any atom is -0.466 e. The summed E-state index contributed by atoms with van der Waals surface area (Å²) in [6.07, 6.45) is 2.25. The maximum atomic E-state index is 11.4. The molecule has 0 aromatic carbocycles. The molecule has 1 heterocycles. The Balaban J connectivity index is 2.69. The van der Waals surface area contributed by atoms with Crippen LogP contribution in [0.3, 0.4) is 0 Å². The smallest absolute Gasteiger partial charge is 0.283 e. The van der Waals surface area contributed by atoms with Crippen LogP contribution in [-0.4, -0.2) is 18.5 Å². The molecule has 74 valence electrons. The zero-order chi connectivity index (χ0) is 9.84. The fraction of sp³-hybridized carbons (Fsp3) is 0.700. The Labute approximate surface area is 78.7 Å². The fourth-order valence-corrected chi connectivity index (χ4v) is 1.37. The summed E-state index contributed by atoms with van der Waals surface area (Å²) in [4.78, 5) is 11.4. The first kappa shape index (κ1) is 10.1. The number of hydrogen-bond donors (Lipinski definition) is 0. The lowest BCUT2D eigenvalue weighted by Crippen LogP contribution is -2.31. The monoisotopic (exact) mass is 184 g/mol. The highest BCUT2D eigenvalue weighted by Crippen LogP contribution is 2.22. The molecule has 0 aromatic rings. The van der Waals surface area contributed by atoms with Crippen LogP contribution in [0.15, 0.2) is 12.0 Å². The predicted molar refractivity (Wildman–Crippen MR) is 49.0 cm³/mol. The number of carbonyl (C=O) groups excluding carboxylic acids is 1. The van der Waals surface area contributed by atoms with Crippen molar-refractivity contribution in [1.82, 2.24) is 0 Å². The average Bonchev–Trinajstić information content (AvgIpc) is 2.11. The summed E-state index contributed by atoms with van der Waals surface area (Å²) in [6, 6.07) is 0. The molecule has 13 heavy (non-hydrogen) atoms. The molecule has 3 nitrogen and oxygen atoms in total. The molecular formula is C10H16O3. The first-order valence-electron chi connectivity index (χ1n) is 4.74. The van der Waals surface area contributed by atoms with Crippen LogP contribution >= 0.6 is 0 Å². The van der Waals surface area contributed by atoms with E-state index < -0.39 is 0 Å². The molecule has 1 aliphatic rings. The van der Waals surface area contributed by atoms with Crippen LogP contribution in [-0.2, 0) is 14.3 Å². The lowest BCUT2D eigenvalue weighted by molar-refractivity contribution is -0.128. The maximum Gasteiger partial charge on any atom is 0.283 e. The van der Waals surface area contributed by atoms with Crippen molar-refractivity contribution in [1.29, 1.82) is 0 Å². The number of ether oxygens (including phenoxy) is 2. The predicted octanol–water partition coefficient (Wildman–Crippen LogP) is 1.88. The van der Waals surface area contributed by atoms with Crippen molar-refractivity contribution >= 4 is 5.78 Å². The van der Waals surface area contributed by atoms with E-state index in [0.29, 0.717) is 12.6 Å². The van der Waals surface area contributed by atoms with Gasteiger partial charge in [0, 0.05) is 0 Å². The van der Waals surface area contributed by atoms with E-state index in [-0.39, 0.29) is 17.8 Å². The highest BCUT2D eigenvalue weighted by atomic mass is 16.7. The van der Waals surface area contributed by atoms with E-state index in [4.69, 9.17) is 9.47 Å². The molecule has 0 N–H and O–H groups in total. The van der Waals surface area contributed by atoms with Crippen molar-refractivity contribution < 1.29 is 14.3 Å². The second-order valence-electron chi connectivity index (χ2n) is 3.15. The normalized spacial score (nSPS) is 27.9. The Morgan fingerprint density at radius 2 is 2.23 bits per heavy atom. The van der Waals surface area contributed by atoms with Gasteiger partial charge >= 0.3 is 0 Å². The van der Waals surface area contributed by atoms with Gasteiger partial charge in [-0.15, -0.1) is 0 Å². The summed E-state index contributed by atoms with van der Waals surface area (Å²) < 4.78 is 10.6. The first-order chi connectivity index (χ1) is 6.19. The van der Waals surface area contributed by atoms with Crippen molar-refractivity contribution in [3.63, 3.8) is 0 Å². The minimum atomic E-state index is -0.0470. The number of ketones is 1. The molecule has 0 saturated heterocycles. The average molecular weight is 184 g/mol.